The van der Waals surface area contributed by atoms with E-state index in [1.165, 1.54) is 51.4 Å². The Morgan fingerprint density at radius 3 is 1.17 bits per heavy atom. The summed E-state index contributed by atoms with van der Waals surface area (Å²) in [6.45, 7) is 0. The van der Waals surface area contributed by atoms with Gasteiger partial charge in [-0.15, -0.1) is 0 Å². The molecule has 0 fully saturated rings. The summed E-state index contributed by atoms with van der Waals surface area (Å²) >= 11 is 1.16. The fraction of sp³-hybridized carbons (Fsp3) is 0.0238. The minimum Gasteiger partial charge on any atom is -0.309 e. The van der Waals surface area contributed by atoms with Crippen molar-refractivity contribution in [3.05, 3.63) is 321 Å². The Kier molecular flexibility index (Phi) is 13.9. The van der Waals surface area contributed by atoms with Crippen molar-refractivity contribution in [2.24, 2.45) is 0 Å². The van der Waals surface area contributed by atoms with Crippen LogP contribution < -0.4 is 4.90 Å². The Bertz CT molecular complexity index is 5690. The lowest BCUT2D eigenvalue weighted by molar-refractivity contribution is -0.138. The predicted molar refractivity (Wildman–Crippen MR) is 381 cm³/mol. The molecule has 0 saturated heterocycles. The number of benzene rings is 14. The summed E-state index contributed by atoms with van der Waals surface area (Å²) in [6, 6.07) is 101. The summed E-state index contributed by atoms with van der Waals surface area (Å²) in [6.07, 6.45) is -8.97. The van der Waals surface area contributed by atoms with Crippen LogP contribution in [0.15, 0.2) is 309 Å². The SMILES string of the molecule is FC(F)(F)c1ccc(-c2ccc3c(c2)c2cc(-c4ccc(C(F)(F)F)cc4)ccc2n3-c2ccc(-c3ccc(N(c4ccc(-c5ccccc5)cc4)c4ccc(-c5ccc6c(c5)c5c7ccccc7ccc5n6-c5ccc(-c6ccccc6)cc5)cc4)c4nsnc34)cc2)cc1. The largest absolute Gasteiger partial charge is 0.416 e. The molecule has 12 heteroatoms. The Balaban J connectivity index is 0.737. The van der Waals surface area contributed by atoms with Gasteiger partial charge in [0.2, 0.25) is 0 Å². The fourth-order valence-electron chi connectivity index (χ4n) is 13.8. The molecule has 17 aromatic rings. The number of rotatable bonds is 11. The molecular formula is C84H51F6N5S. The van der Waals surface area contributed by atoms with Crippen LogP contribution in [0.4, 0.5) is 43.4 Å². The number of hydrogen-bond donors (Lipinski definition) is 0. The number of nitrogens with zero attached hydrogens (tertiary/aromatic N) is 5. The minimum absolute atomic E-state index is 0.603. The molecule has 3 aromatic heterocycles. The third-order valence-corrected chi connectivity index (χ3v) is 19.0. The molecule has 0 radical (unpaired) electrons. The van der Waals surface area contributed by atoms with Gasteiger partial charge in [-0.25, -0.2) is 0 Å². The summed E-state index contributed by atoms with van der Waals surface area (Å²) in [5.74, 6) is 0. The van der Waals surface area contributed by atoms with E-state index in [4.69, 9.17) is 8.75 Å². The molecule has 0 spiro atoms. The highest BCUT2D eigenvalue weighted by Gasteiger charge is 2.31. The van der Waals surface area contributed by atoms with Gasteiger partial charge in [0.05, 0.1) is 50.6 Å². The van der Waals surface area contributed by atoms with Crippen LogP contribution in [-0.2, 0) is 12.4 Å². The zero-order chi connectivity index (χ0) is 64.8. The molecule has 3 heterocycles. The van der Waals surface area contributed by atoms with Crippen LogP contribution in [-0.4, -0.2) is 17.9 Å². The third-order valence-electron chi connectivity index (χ3n) is 18.5. The number of halogens is 6. The minimum atomic E-state index is -4.49. The number of hydrogen-bond acceptors (Lipinski definition) is 4. The molecule has 0 aliphatic heterocycles. The van der Waals surface area contributed by atoms with Gasteiger partial charge in [0.1, 0.15) is 11.0 Å². The molecule has 17 rings (SSSR count). The van der Waals surface area contributed by atoms with E-state index < -0.39 is 23.5 Å². The van der Waals surface area contributed by atoms with Crippen molar-refractivity contribution >= 4 is 94.2 Å². The van der Waals surface area contributed by atoms with Gasteiger partial charge in [0, 0.05) is 49.9 Å². The van der Waals surface area contributed by atoms with Crippen molar-refractivity contribution < 1.29 is 26.3 Å². The van der Waals surface area contributed by atoms with Crippen molar-refractivity contribution in [3.63, 3.8) is 0 Å². The highest BCUT2D eigenvalue weighted by molar-refractivity contribution is 7.00. The molecule has 0 unspecified atom stereocenters. The molecule has 460 valence electrons. The molecule has 14 aromatic carbocycles. The van der Waals surface area contributed by atoms with Crippen LogP contribution in [0.5, 0.6) is 0 Å². The third kappa shape index (κ3) is 10.2. The Hall–Kier alpha value is -11.9. The fourth-order valence-corrected chi connectivity index (χ4v) is 14.3. The van der Waals surface area contributed by atoms with Crippen LogP contribution in [0.2, 0.25) is 0 Å². The Labute approximate surface area is 551 Å². The monoisotopic (exact) mass is 1280 g/mol. The molecule has 0 aliphatic rings. The second kappa shape index (κ2) is 23.0. The Morgan fingerprint density at radius 1 is 0.292 bits per heavy atom. The molecule has 0 N–H and O–H groups in total. The first kappa shape index (κ1) is 58.0. The van der Waals surface area contributed by atoms with Crippen LogP contribution in [0, 0.1) is 0 Å². The lowest BCUT2D eigenvalue weighted by Gasteiger charge is -2.26. The number of anilines is 3. The first-order valence-electron chi connectivity index (χ1n) is 31.3. The van der Waals surface area contributed by atoms with E-state index in [1.807, 2.05) is 72.8 Å². The van der Waals surface area contributed by atoms with Crippen molar-refractivity contribution in [1.29, 1.82) is 0 Å². The van der Waals surface area contributed by atoms with Gasteiger partial charge in [0.15, 0.2) is 0 Å². The second-order valence-corrected chi connectivity index (χ2v) is 24.6. The zero-order valence-corrected chi connectivity index (χ0v) is 51.7. The molecular weight excluding hydrogens is 1230 g/mol. The van der Waals surface area contributed by atoms with E-state index >= 15 is 0 Å². The van der Waals surface area contributed by atoms with Crippen LogP contribution in [0.1, 0.15) is 11.1 Å². The van der Waals surface area contributed by atoms with Crippen molar-refractivity contribution in [2.75, 3.05) is 4.90 Å². The maximum Gasteiger partial charge on any atom is 0.416 e. The number of fused-ring (bicyclic) bond motifs is 9. The first-order chi connectivity index (χ1) is 46.8. The normalized spacial score (nSPS) is 12.1. The smallest absolute Gasteiger partial charge is 0.309 e. The van der Waals surface area contributed by atoms with Crippen LogP contribution in [0.25, 0.3) is 144 Å². The van der Waals surface area contributed by atoms with Crippen molar-refractivity contribution in [3.8, 4) is 78.1 Å². The highest BCUT2D eigenvalue weighted by Crippen LogP contribution is 2.46. The second-order valence-electron chi connectivity index (χ2n) is 24.0. The molecule has 0 atom stereocenters. The number of aromatic nitrogens is 4. The first-order valence-corrected chi connectivity index (χ1v) is 32.1. The van der Waals surface area contributed by atoms with Crippen LogP contribution >= 0.6 is 11.7 Å². The van der Waals surface area contributed by atoms with E-state index in [0.717, 1.165) is 147 Å². The van der Waals surface area contributed by atoms with Gasteiger partial charge in [-0.05, 0) is 199 Å². The molecule has 5 nitrogen and oxygen atoms in total. The summed E-state index contributed by atoms with van der Waals surface area (Å²) in [5, 5.41) is 6.39. The Morgan fingerprint density at radius 2 is 0.667 bits per heavy atom. The van der Waals surface area contributed by atoms with Gasteiger partial charge in [0.25, 0.3) is 0 Å². The number of alkyl halides is 6. The average Bonchev–Trinajstić information content (AvgIpc) is 1.57. The van der Waals surface area contributed by atoms with Gasteiger partial charge < -0.3 is 14.0 Å². The zero-order valence-electron chi connectivity index (χ0n) is 50.9. The average molecular weight is 1280 g/mol. The van der Waals surface area contributed by atoms with E-state index in [9.17, 15) is 26.3 Å². The van der Waals surface area contributed by atoms with Gasteiger partial charge in [-0.1, -0.05) is 182 Å². The molecule has 96 heavy (non-hydrogen) atoms. The summed E-state index contributed by atoms with van der Waals surface area (Å²) in [7, 11) is 0. The molecule has 0 bridgehead atoms. The van der Waals surface area contributed by atoms with E-state index in [1.54, 1.807) is 0 Å². The molecule has 0 saturated carbocycles. The van der Waals surface area contributed by atoms with Crippen LogP contribution in [0.3, 0.4) is 0 Å². The van der Waals surface area contributed by atoms with E-state index in [0.29, 0.717) is 22.3 Å². The lowest BCUT2D eigenvalue weighted by atomic mass is 9.99. The van der Waals surface area contributed by atoms with Gasteiger partial charge in [-0.3, -0.25) is 0 Å². The standard InChI is InChI=1S/C84H51F6N5S/c85-83(86,87)64-31-15-56(16-32-64)61-28-44-75-72(49-61)73-50-62(57-17-33-65(34-18-57)84(88,89)90)29-45-76(73)94(75)68-41-25-60(26-42-68)71-43-48-79(82-81(71)91-96-92-82)93(66-35-19-54(20-36-66)52-9-3-1-4-10-52)67-37-23-58(24-38-67)63-30-46-77-74(51-63)80-70-14-8-7-13-59(70)27-47-78(80)95(77)69-39-21-55(22-40-69)53-11-5-2-6-12-53/h1-51H. The van der Waals surface area contributed by atoms with E-state index in [-0.39, 0.29) is 0 Å². The molecule has 0 amide bonds. The lowest BCUT2D eigenvalue weighted by Crippen LogP contribution is -2.10. The summed E-state index contributed by atoms with van der Waals surface area (Å²) in [4.78, 5) is 2.25. The maximum absolute atomic E-state index is 13.6. The van der Waals surface area contributed by atoms with Gasteiger partial charge >= 0.3 is 12.4 Å². The van der Waals surface area contributed by atoms with E-state index in [2.05, 4.69) is 202 Å². The topological polar surface area (TPSA) is 38.9 Å². The van der Waals surface area contributed by atoms with Crippen molar-refractivity contribution in [1.82, 2.24) is 17.9 Å². The quantitative estimate of drug-likeness (QED) is 0.121. The molecule has 0 aliphatic carbocycles. The maximum atomic E-state index is 13.6. The highest BCUT2D eigenvalue weighted by atomic mass is 32.1. The predicted octanol–water partition coefficient (Wildman–Crippen LogP) is 24.5. The van der Waals surface area contributed by atoms with Gasteiger partial charge in [-0.2, -0.15) is 35.1 Å². The summed E-state index contributed by atoms with van der Waals surface area (Å²) in [5.41, 5.74) is 19.7. The van der Waals surface area contributed by atoms with Crippen molar-refractivity contribution in [2.45, 2.75) is 12.4 Å². The summed E-state index contributed by atoms with van der Waals surface area (Å²) < 4.78 is 96.4.